The van der Waals surface area contributed by atoms with E-state index in [0.29, 0.717) is 13.2 Å². The lowest BCUT2D eigenvalue weighted by Crippen LogP contribution is -2.39. The molecule has 1 fully saturated rings. The largest absolute Gasteiger partial charge is 0.465 e. The first-order valence-electron chi connectivity index (χ1n) is 4.23. The number of hydrogen-bond acceptors (Lipinski definition) is 3. The third-order valence-corrected chi connectivity index (χ3v) is 2.26. The summed E-state index contributed by atoms with van der Waals surface area (Å²) in [5, 5.41) is 0. The lowest BCUT2D eigenvalue weighted by Gasteiger charge is -2.34. The Hall–Kier alpha value is -0.570. The van der Waals surface area contributed by atoms with E-state index in [2.05, 4.69) is 6.92 Å². The summed E-state index contributed by atoms with van der Waals surface area (Å²) in [6, 6.07) is 0. The van der Waals surface area contributed by atoms with Gasteiger partial charge in [0.1, 0.15) is 0 Å². The van der Waals surface area contributed by atoms with Crippen molar-refractivity contribution in [3.63, 3.8) is 0 Å². The summed E-state index contributed by atoms with van der Waals surface area (Å²) in [6.07, 6.45) is 0.861. The zero-order chi connectivity index (χ0) is 9.19. The van der Waals surface area contributed by atoms with Gasteiger partial charge in [0.05, 0.1) is 19.1 Å². The number of esters is 1. The fourth-order valence-corrected chi connectivity index (χ4v) is 1.72. The predicted octanol–water partition coefficient (Wildman–Crippen LogP) is 1.22. The molecular weight excluding hydrogens is 156 g/mol. The van der Waals surface area contributed by atoms with Gasteiger partial charge < -0.3 is 9.47 Å². The van der Waals surface area contributed by atoms with E-state index in [0.717, 1.165) is 6.42 Å². The molecule has 1 heterocycles. The molecule has 12 heavy (non-hydrogen) atoms. The average Bonchev–Trinajstić information content (AvgIpc) is 1.98. The minimum atomic E-state index is -0.0800. The molecule has 0 aromatic heterocycles. The van der Waals surface area contributed by atoms with E-state index < -0.39 is 0 Å². The summed E-state index contributed by atoms with van der Waals surface area (Å²) in [5.41, 5.74) is 0.0159. The van der Waals surface area contributed by atoms with Crippen molar-refractivity contribution in [2.75, 3.05) is 20.3 Å². The quantitative estimate of drug-likeness (QED) is 0.587. The van der Waals surface area contributed by atoms with Gasteiger partial charge in [-0.15, -0.1) is 0 Å². The zero-order valence-electron chi connectivity index (χ0n) is 7.92. The number of cyclic esters (lactones) is 1. The molecule has 0 N–H and O–H groups in total. The Kier molecular flexibility index (Phi) is 2.73. The highest BCUT2D eigenvalue weighted by Crippen LogP contribution is 2.31. The third kappa shape index (κ3) is 1.97. The van der Waals surface area contributed by atoms with E-state index in [9.17, 15) is 4.79 Å². The summed E-state index contributed by atoms with van der Waals surface area (Å²) in [4.78, 5) is 11.0. The SMILES string of the molecule is COC[C@@]1(C)COC(=O)[C@H](C)C1. The fraction of sp³-hybridized carbons (Fsp3) is 0.889. The summed E-state index contributed by atoms with van der Waals surface area (Å²) in [6.45, 7) is 5.13. The molecule has 3 heteroatoms. The highest BCUT2D eigenvalue weighted by Gasteiger charge is 2.36. The molecule has 0 aromatic carbocycles. The van der Waals surface area contributed by atoms with Gasteiger partial charge in [-0.2, -0.15) is 0 Å². The van der Waals surface area contributed by atoms with Crippen LogP contribution in [0, 0.1) is 11.3 Å². The van der Waals surface area contributed by atoms with Crippen LogP contribution in [0.5, 0.6) is 0 Å². The van der Waals surface area contributed by atoms with Crippen molar-refractivity contribution in [2.45, 2.75) is 20.3 Å². The maximum atomic E-state index is 11.0. The highest BCUT2D eigenvalue weighted by atomic mass is 16.5. The molecule has 2 atom stereocenters. The highest BCUT2D eigenvalue weighted by molar-refractivity contribution is 5.72. The van der Waals surface area contributed by atoms with Crippen LogP contribution in [0.4, 0.5) is 0 Å². The van der Waals surface area contributed by atoms with Crippen LogP contribution in [-0.4, -0.2) is 26.3 Å². The van der Waals surface area contributed by atoms with Crippen LogP contribution in [0.25, 0.3) is 0 Å². The van der Waals surface area contributed by atoms with Crippen molar-refractivity contribution < 1.29 is 14.3 Å². The predicted molar refractivity (Wildman–Crippen MR) is 44.7 cm³/mol. The van der Waals surface area contributed by atoms with Gasteiger partial charge in [-0.3, -0.25) is 4.79 Å². The molecule has 0 unspecified atom stereocenters. The first kappa shape index (κ1) is 9.52. The normalized spacial score (nSPS) is 36.2. The van der Waals surface area contributed by atoms with Crippen LogP contribution < -0.4 is 0 Å². The second kappa shape index (κ2) is 3.44. The van der Waals surface area contributed by atoms with Gasteiger partial charge in [-0.05, 0) is 6.42 Å². The van der Waals surface area contributed by atoms with E-state index in [1.807, 2.05) is 6.92 Å². The van der Waals surface area contributed by atoms with Crippen molar-refractivity contribution in [1.29, 1.82) is 0 Å². The van der Waals surface area contributed by atoms with Crippen LogP contribution >= 0.6 is 0 Å². The molecule has 0 bridgehead atoms. The molecule has 1 aliphatic heterocycles. The molecule has 1 rings (SSSR count). The summed E-state index contributed by atoms with van der Waals surface area (Å²) in [7, 11) is 1.67. The van der Waals surface area contributed by atoms with Gasteiger partial charge in [-0.1, -0.05) is 13.8 Å². The number of carbonyl (C=O) groups is 1. The summed E-state index contributed by atoms with van der Waals surface area (Å²) < 4.78 is 10.1. The molecule has 1 saturated heterocycles. The first-order chi connectivity index (χ1) is 5.57. The van der Waals surface area contributed by atoms with Gasteiger partial charge in [0.2, 0.25) is 0 Å². The van der Waals surface area contributed by atoms with E-state index >= 15 is 0 Å². The monoisotopic (exact) mass is 172 g/mol. The Balaban J connectivity index is 2.54. The minimum absolute atomic E-state index is 0.0129. The number of rotatable bonds is 2. The summed E-state index contributed by atoms with van der Waals surface area (Å²) >= 11 is 0. The van der Waals surface area contributed by atoms with Crippen molar-refractivity contribution >= 4 is 5.97 Å². The van der Waals surface area contributed by atoms with E-state index in [1.54, 1.807) is 7.11 Å². The van der Waals surface area contributed by atoms with Crippen molar-refractivity contribution in [3.05, 3.63) is 0 Å². The molecule has 0 aromatic rings. The molecule has 3 nitrogen and oxygen atoms in total. The lowest BCUT2D eigenvalue weighted by atomic mass is 9.81. The Morgan fingerprint density at radius 3 is 2.92 bits per heavy atom. The maximum absolute atomic E-state index is 11.0. The molecule has 0 spiro atoms. The molecule has 1 aliphatic rings. The molecule has 0 aliphatic carbocycles. The third-order valence-electron chi connectivity index (χ3n) is 2.26. The standard InChI is InChI=1S/C9H16O3/c1-7-4-9(2,5-11-3)6-12-8(7)10/h7H,4-6H2,1-3H3/t7-,9+/m1/s1. The van der Waals surface area contributed by atoms with E-state index in [1.165, 1.54) is 0 Å². The number of methoxy groups -OCH3 is 1. The zero-order valence-corrected chi connectivity index (χ0v) is 7.92. The molecule has 0 radical (unpaired) electrons. The van der Waals surface area contributed by atoms with E-state index in [4.69, 9.17) is 9.47 Å². The van der Waals surface area contributed by atoms with Crippen molar-refractivity contribution in [1.82, 2.24) is 0 Å². The Morgan fingerprint density at radius 1 is 1.75 bits per heavy atom. The van der Waals surface area contributed by atoms with Crippen LogP contribution in [-0.2, 0) is 14.3 Å². The topological polar surface area (TPSA) is 35.5 Å². The molecule has 70 valence electrons. The van der Waals surface area contributed by atoms with Crippen molar-refractivity contribution in [3.8, 4) is 0 Å². The van der Waals surface area contributed by atoms with Crippen molar-refractivity contribution in [2.24, 2.45) is 11.3 Å². The van der Waals surface area contributed by atoms with Crippen LogP contribution in [0.2, 0.25) is 0 Å². The number of ether oxygens (including phenoxy) is 2. The average molecular weight is 172 g/mol. The molecule has 0 amide bonds. The second-order valence-corrected chi connectivity index (χ2v) is 3.96. The Labute approximate surface area is 73.0 Å². The van der Waals surface area contributed by atoms with Crippen LogP contribution in [0.1, 0.15) is 20.3 Å². The second-order valence-electron chi connectivity index (χ2n) is 3.96. The van der Waals surface area contributed by atoms with Gasteiger partial charge in [0.15, 0.2) is 0 Å². The van der Waals surface area contributed by atoms with Gasteiger partial charge in [-0.25, -0.2) is 0 Å². The Morgan fingerprint density at radius 2 is 2.42 bits per heavy atom. The Bertz CT molecular complexity index is 179. The van der Waals surface area contributed by atoms with E-state index in [-0.39, 0.29) is 17.3 Å². The minimum Gasteiger partial charge on any atom is -0.465 e. The van der Waals surface area contributed by atoms with Gasteiger partial charge in [0, 0.05) is 12.5 Å². The number of carbonyl (C=O) groups excluding carboxylic acids is 1. The first-order valence-corrected chi connectivity index (χ1v) is 4.23. The number of hydrogen-bond donors (Lipinski definition) is 0. The smallest absolute Gasteiger partial charge is 0.308 e. The maximum Gasteiger partial charge on any atom is 0.308 e. The lowest BCUT2D eigenvalue weighted by molar-refractivity contribution is -0.162. The molecule has 0 saturated carbocycles. The molecular formula is C9H16O3. The van der Waals surface area contributed by atoms with Crippen LogP contribution in [0.15, 0.2) is 0 Å². The van der Waals surface area contributed by atoms with Gasteiger partial charge >= 0.3 is 5.97 Å². The van der Waals surface area contributed by atoms with Crippen LogP contribution in [0.3, 0.4) is 0 Å². The summed E-state index contributed by atoms with van der Waals surface area (Å²) in [5.74, 6) is -0.0671. The fourth-order valence-electron chi connectivity index (χ4n) is 1.72. The van der Waals surface area contributed by atoms with Gasteiger partial charge in [0.25, 0.3) is 0 Å².